The Labute approximate surface area is 342 Å². The van der Waals surface area contributed by atoms with Crippen molar-refractivity contribution in [1.82, 2.24) is 10.2 Å². The SMILES string of the molecule is CC.CC.CC.CC.CCCl.CCCl.CCN(C)C.CNC.[B]CC.c1ccc2c(c1)Cc1ccccc1C2.c1ccc2c(c1)Cc1ccccc1C2. The van der Waals surface area contributed by atoms with Crippen LogP contribution in [0, 0.1) is 0 Å². The fraction of sp³-hybridized carbons (Fsp3) is 0.500. The van der Waals surface area contributed by atoms with Gasteiger partial charge in [-0.15, -0.1) is 23.2 Å². The van der Waals surface area contributed by atoms with Crippen molar-refractivity contribution in [3.8, 4) is 0 Å². The first-order chi connectivity index (χ1) is 25.8. The number of alkyl halides is 2. The molecule has 6 rings (SSSR count). The molecule has 4 aromatic rings. The number of halogens is 2. The average molecular weight is 768 g/mol. The highest BCUT2D eigenvalue weighted by Crippen LogP contribution is 2.27. The summed E-state index contributed by atoms with van der Waals surface area (Å²) in [6.07, 6.45) is 5.16. The van der Waals surface area contributed by atoms with E-state index in [9.17, 15) is 0 Å². The van der Waals surface area contributed by atoms with Crippen LogP contribution >= 0.6 is 23.2 Å². The second kappa shape index (κ2) is 47.5. The van der Waals surface area contributed by atoms with E-state index in [4.69, 9.17) is 31.0 Å². The Bertz CT molecular complexity index is 1000. The van der Waals surface area contributed by atoms with Crippen molar-refractivity contribution in [3.05, 3.63) is 142 Å². The summed E-state index contributed by atoms with van der Waals surface area (Å²) < 4.78 is 0. The number of nitrogens with one attached hydrogen (secondary N) is 1. The lowest BCUT2D eigenvalue weighted by atomic mass is 9.86. The minimum absolute atomic E-state index is 0.722. The zero-order chi connectivity index (χ0) is 41.9. The average Bonchev–Trinajstić information content (AvgIpc) is 3.21. The lowest BCUT2D eigenvalue weighted by molar-refractivity contribution is 0.434. The molecule has 0 bridgehead atoms. The van der Waals surface area contributed by atoms with E-state index in [-0.39, 0.29) is 0 Å². The van der Waals surface area contributed by atoms with E-state index in [0.717, 1.165) is 50.3 Å². The molecule has 0 aromatic heterocycles. The molecule has 1 N–H and O–H groups in total. The number of nitrogens with zero attached hydrogens (tertiary/aromatic N) is 1. The molecular formula is C48H81BCl2N2. The highest BCUT2D eigenvalue weighted by Gasteiger charge is 2.14. The maximum absolute atomic E-state index is 5.00. The lowest BCUT2D eigenvalue weighted by Crippen LogP contribution is -2.08. The van der Waals surface area contributed by atoms with Gasteiger partial charge in [0.15, 0.2) is 0 Å². The van der Waals surface area contributed by atoms with Crippen LogP contribution in [-0.2, 0) is 25.7 Å². The van der Waals surface area contributed by atoms with Crippen LogP contribution in [0.3, 0.4) is 0 Å². The highest BCUT2D eigenvalue weighted by atomic mass is 35.5. The molecule has 0 fully saturated rings. The van der Waals surface area contributed by atoms with Crippen LogP contribution in [0.15, 0.2) is 97.1 Å². The number of benzene rings is 4. The summed E-state index contributed by atoms with van der Waals surface area (Å²) in [6, 6.07) is 35.0. The molecule has 4 aromatic carbocycles. The first-order valence-electron chi connectivity index (χ1n) is 20.1. The third-order valence-electron chi connectivity index (χ3n) is 6.63. The van der Waals surface area contributed by atoms with E-state index in [1.165, 1.54) is 44.5 Å². The molecule has 2 aliphatic carbocycles. The molecule has 2 nitrogen and oxygen atoms in total. The van der Waals surface area contributed by atoms with E-state index < -0.39 is 0 Å². The molecule has 2 aliphatic rings. The van der Waals surface area contributed by atoms with Crippen LogP contribution in [0.25, 0.3) is 0 Å². The number of rotatable bonds is 1. The molecule has 2 radical (unpaired) electrons. The molecule has 0 amide bonds. The second-order valence-electron chi connectivity index (χ2n) is 10.6. The fourth-order valence-electron chi connectivity index (χ4n) is 4.43. The molecule has 5 heteroatoms. The smallest absolute Gasteiger partial charge is 0.0649 e. The van der Waals surface area contributed by atoms with Crippen molar-refractivity contribution in [1.29, 1.82) is 0 Å². The van der Waals surface area contributed by atoms with Crippen molar-refractivity contribution in [2.75, 3.05) is 46.5 Å². The van der Waals surface area contributed by atoms with Gasteiger partial charge >= 0.3 is 0 Å². The monoisotopic (exact) mass is 767 g/mol. The minimum Gasteiger partial charge on any atom is -0.323 e. The van der Waals surface area contributed by atoms with Gasteiger partial charge in [0, 0.05) is 11.8 Å². The molecule has 53 heavy (non-hydrogen) atoms. The van der Waals surface area contributed by atoms with Gasteiger partial charge in [-0.1, -0.05) is 186 Å². The van der Waals surface area contributed by atoms with E-state index in [1.807, 2.05) is 90.3 Å². The Balaban J connectivity index is -0.000000183. The third kappa shape index (κ3) is 31.5. The van der Waals surface area contributed by atoms with Crippen molar-refractivity contribution < 1.29 is 0 Å². The minimum atomic E-state index is 0.722. The van der Waals surface area contributed by atoms with E-state index in [0.29, 0.717) is 0 Å². The first kappa shape index (κ1) is 59.7. The molecule has 0 spiro atoms. The van der Waals surface area contributed by atoms with Crippen molar-refractivity contribution in [2.24, 2.45) is 0 Å². The van der Waals surface area contributed by atoms with Gasteiger partial charge in [0.05, 0.1) is 7.85 Å². The molecular weight excluding hydrogens is 686 g/mol. The lowest BCUT2D eigenvalue weighted by Gasteiger charge is -2.18. The van der Waals surface area contributed by atoms with Gasteiger partial charge in [-0.25, -0.2) is 0 Å². The first-order valence-corrected chi connectivity index (χ1v) is 21.2. The maximum atomic E-state index is 5.00. The largest absolute Gasteiger partial charge is 0.323 e. The van der Waals surface area contributed by atoms with E-state index in [2.05, 4.69) is 128 Å². The van der Waals surface area contributed by atoms with Gasteiger partial charge < -0.3 is 10.2 Å². The summed E-state index contributed by atoms with van der Waals surface area (Å²) in [7, 11) is 12.7. The number of fused-ring (bicyclic) bond motifs is 4. The van der Waals surface area contributed by atoms with Gasteiger partial charge in [-0.05, 0) is 105 Å². The topological polar surface area (TPSA) is 15.3 Å². The maximum Gasteiger partial charge on any atom is 0.0649 e. The molecule has 0 aliphatic heterocycles. The predicted molar refractivity (Wildman–Crippen MR) is 251 cm³/mol. The summed E-state index contributed by atoms with van der Waals surface area (Å²) >= 11 is 10.00. The number of hydrogen-bond donors (Lipinski definition) is 1. The van der Waals surface area contributed by atoms with E-state index >= 15 is 0 Å². The molecule has 0 heterocycles. The Kier molecular flexibility index (Phi) is 53.5. The summed E-state index contributed by atoms with van der Waals surface area (Å²) in [4.78, 5) is 2.12. The summed E-state index contributed by atoms with van der Waals surface area (Å²) in [5.41, 5.74) is 11.9. The third-order valence-corrected chi connectivity index (χ3v) is 6.63. The molecule has 300 valence electrons. The predicted octanol–water partition coefficient (Wildman–Crippen LogP) is 14.0. The molecule has 0 saturated carbocycles. The zero-order valence-electron chi connectivity index (χ0n) is 37.2. The van der Waals surface area contributed by atoms with Gasteiger partial charge in [-0.3, -0.25) is 0 Å². The Morgan fingerprint density at radius 3 is 0.623 bits per heavy atom. The van der Waals surface area contributed by atoms with Crippen LogP contribution in [-0.4, -0.2) is 59.2 Å². The Morgan fingerprint density at radius 1 is 0.453 bits per heavy atom. The Morgan fingerprint density at radius 2 is 0.547 bits per heavy atom. The van der Waals surface area contributed by atoms with Crippen molar-refractivity contribution in [3.63, 3.8) is 0 Å². The summed E-state index contributed by atoms with van der Waals surface area (Å²) in [6.45, 7) is 24.9. The van der Waals surface area contributed by atoms with Gasteiger partial charge in [-0.2, -0.15) is 0 Å². The normalized spacial score (nSPS) is 9.64. The van der Waals surface area contributed by atoms with Crippen molar-refractivity contribution in [2.45, 2.75) is 115 Å². The van der Waals surface area contributed by atoms with Crippen molar-refractivity contribution >= 4 is 31.0 Å². The standard InChI is InChI=1S/2C14H12.C4H11N.C2H5B.2C2H5Cl.C2H7N.4C2H6/c2*1-2-6-12-10-14-8-4-3-7-13(14)9-11(12)5-1;1-4-5(2)3;3*1-2-3;1-3-2;4*1-2/h2*1-8H,9-10H2;4H2,1-3H3;3*2H2,1H3;3H,1-2H3;4*1-2H3. The zero-order valence-corrected chi connectivity index (χ0v) is 38.7. The van der Waals surface area contributed by atoms with Crippen LogP contribution in [0.4, 0.5) is 0 Å². The summed E-state index contributed by atoms with van der Waals surface area (Å²) in [5.74, 6) is 1.44. The highest BCUT2D eigenvalue weighted by molar-refractivity contribution is 6.17. The van der Waals surface area contributed by atoms with Gasteiger partial charge in [0.1, 0.15) is 0 Å². The molecule has 0 unspecified atom stereocenters. The second-order valence-corrected chi connectivity index (χ2v) is 11.7. The van der Waals surface area contributed by atoms with Crippen LogP contribution in [0.2, 0.25) is 6.32 Å². The quantitative estimate of drug-likeness (QED) is 0.132. The molecule has 0 atom stereocenters. The van der Waals surface area contributed by atoms with Crippen LogP contribution in [0.1, 0.15) is 128 Å². The fourth-order valence-corrected chi connectivity index (χ4v) is 4.43. The van der Waals surface area contributed by atoms with Gasteiger partial charge in [0.2, 0.25) is 0 Å². The Hall–Kier alpha value is -2.56. The van der Waals surface area contributed by atoms with Crippen LogP contribution in [0.5, 0.6) is 0 Å². The molecule has 0 saturated heterocycles. The number of hydrogen-bond acceptors (Lipinski definition) is 2. The summed E-state index contributed by atoms with van der Waals surface area (Å²) in [5, 5.41) is 2.75. The van der Waals surface area contributed by atoms with Crippen LogP contribution < -0.4 is 5.32 Å². The van der Waals surface area contributed by atoms with E-state index in [1.54, 1.807) is 0 Å². The van der Waals surface area contributed by atoms with Gasteiger partial charge in [0.25, 0.3) is 0 Å².